The average molecular weight is 548 g/mol. The molecule has 202 valence electrons. The molecule has 0 unspecified atom stereocenters. The van der Waals surface area contributed by atoms with Gasteiger partial charge in [0, 0.05) is 48.0 Å². The first-order valence-corrected chi connectivity index (χ1v) is 13.1. The van der Waals surface area contributed by atoms with E-state index in [1.54, 1.807) is 17.0 Å². The van der Waals surface area contributed by atoms with Gasteiger partial charge in [0.15, 0.2) is 11.3 Å². The molecule has 4 aromatic rings. The lowest BCUT2D eigenvalue weighted by molar-refractivity contribution is 0.0483. The zero-order valence-electron chi connectivity index (χ0n) is 22.5. The SMILES string of the molecule is CC(C)(C)c1cc(-c2ccc(Cl)cc2)nc2cc(C(=O)N3CCN(c4ccnc(C(=O)O)n4)CC3(C)C)oc12. The van der Waals surface area contributed by atoms with E-state index < -0.39 is 11.5 Å². The van der Waals surface area contributed by atoms with E-state index in [1.165, 1.54) is 6.20 Å². The lowest BCUT2D eigenvalue weighted by Crippen LogP contribution is -2.61. The lowest BCUT2D eigenvalue weighted by Gasteiger charge is -2.47. The van der Waals surface area contributed by atoms with E-state index in [0.29, 0.717) is 41.6 Å². The van der Waals surface area contributed by atoms with E-state index in [1.807, 2.05) is 49.1 Å². The monoisotopic (exact) mass is 547 g/mol. The zero-order chi connectivity index (χ0) is 28.1. The lowest BCUT2D eigenvalue weighted by atomic mass is 9.86. The summed E-state index contributed by atoms with van der Waals surface area (Å²) in [5.41, 5.74) is 3.04. The maximum Gasteiger partial charge on any atom is 0.374 e. The van der Waals surface area contributed by atoms with E-state index in [4.69, 9.17) is 21.0 Å². The number of aromatic nitrogens is 3. The number of benzene rings is 1. The highest BCUT2D eigenvalue weighted by Crippen LogP contribution is 2.36. The number of furan rings is 1. The van der Waals surface area contributed by atoms with Crippen LogP contribution in [0.4, 0.5) is 5.82 Å². The van der Waals surface area contributed by atoms with E-state index in [9.17, 15) is 14.7 Å². The van der Waals surface area contributed by atoms with Crippen molar-refractivity contribution in [1.29, 1.82) is 0 Å². The van der Waals surface area contributed by atoms with Crippen molar-refractivity contribution in [2.24, 2.45) is 0 Å². The highest BCUT2D eigenvalue weighted by Gasteiger charge is 2.39. The fraction of sp³-hybridized carbons (Fsp3) is 0.345. The smallest absolute Gasteiger partial charge is 0.374 e. The standard InChI is InChI=1S/C29H30ClN5O4/c1-28(2,3)19-14-20(17-6-8-18(30)9-7-17)32-21-15-22(39-24(19)21)26(36)35-13-12-34(16-29(35,4)5)23-10-11-31-25(33-23)27(37)38/h6-11,14-15H,12-13,16H2,1-5H3,(H,37,38). The number of piperazine rings is 1. The van der Waals surface area contributed by atoms with E-state index in [0.717, 1.165) is 16.8 Å². The molecule has 0 saturated carbocycles. The van der Waals surface area contributed by atoms with Gasteiger partial charge in [0.05, 0.1) is 11.2 Å². The Morgan fingerprint density at radius 3 is 2.41 bits per heavy atom. The van der Waals surface area contributed by atoms with Crippen molar-refractivity contribution in [3.05, 3.63) is 70.8 Å². The van der Waals surface area contributed by atoms with Crippen LogP contribution in [0.5, 0.6) is 0 Å². The number of aromatic carboxylic acids is 1. The van der Waals surface area contributed by atoms with Crippen LogP contribution in [-0.4, -0.2) is 62.0 Å². The third-order valence-electron chi connectivity index (χ3n) is 6.94. The molecule has 1 aliphatic rings. The number of hydrogen-bond donors (Lipinski definition) is 1. The molecule has 0 radical (unpaired) electrons. The first-order chi connectivity index (χ1) is 18.3. The minimum atomic E-state index is -1.18. The van der Waals surface area contributed by atoms with Crippen LogP contribution in [0.2, 0.25) is 5.02 Å². The fourth-order valence-electron chi connectivity index (χ4n) is 4.94. The largest absolute Gasteiger partial charge is 0.475 e. The minimum Gasteiger partial charge on any atom is -0.475 e. The molecule has 1 aromatic carbocycles. The van der Waals surface area contributed by atoms with E-state index >= 15 is 0 Å². The van der Waals surface area contributed by atoms with Crippen LogP contribution in [0.15, 0.2) is 53.1 Å². The van der Waals surface area contributed by atoms with E-state index in [-0.39, 0.29) is 22.9 Å². The summed E-state index contributed by atoms with van der Waals surface area (Å²) in [6, 6.07) is 12.9. The van der Waals surface area contributed by atoms with Crippen molar-refractivity contribution in [3.8, 4) is 11.3 Å². The first kappa shape index (κ1) is 26.6. The van der Waals surface area contributed by atoms with Crippen LogP contribution in [-0.2, 0) is 5.41 Å². The van der Waals surface area contributed by atoms with Crippen LogP contribution < -0.4 is 4.90 Å². The zero-order valence-corrected chi connectivity index (χ0v) is 23.3. The van der Waals surface area contributed by atoms with Gasteiger partial charge in [-0.1, -0.05) is 44.5 Å². The summed E-state index contributed by atoms with van der Waals surface area (Å²) in [5, 5.41) is 9.91. The van der Waals surface area contributed by atoms with Crippen LogP contribution in [0.25, 0.3) is 22.4 Å². The number of pyridine rings is 1. The van der Waals surface area contributed by atoms with Gasteiger partial charge in [-0.05, 0) is 43.5 Å². The summed E-state index contributed by atoms with van der Waals surface area (Å²) in [7, 11) is 0. The molecule has 4 heterocycles. The maximum atomic E-state index is 13.8. The Morgan fingerprint density at radius 1 is 1.05 bits per heavy atom. The van der Waals surface area contributed by atoms with Gasteiger partial charge in [-0.15, -0.1) is 0 Å². The number of halogens is 1. The Balaban J connectivity index is 1.47. The summed E-state index contributed by atoms with van der Waals surface area (Å²) in [4.78, 5) is 41.7. The van der Waals surface area contributed by atoms with Crippen molar-refractivity contribution in [2.45, 2.75) is 45.6 Å². The summed E-state index contributed by atoms with van der Waals surface area (Å²) in [5.74, 6) is -0.920. The molecule has 39 heavy (non-hydrogen) atoms. The summed E-state index contributed by atoms with van der Waals surface area (Å²) in [6.07, 6.45) is 1.43. The third-order valence-corrected chi connectivity index (χ3v) is 7.19. The van der Waals surface area contributed by atoms with Gasteiger partial charge in [-0.25, -0.2) is 19.7 Å². The van der Waals surface area contributed by atoms with Crippen molar-refractivity contribution in [2.75, 3.05) is 24.5 Å². The number of carboxylic acid groups (broad SMARTS) is 1. The van der Waals surface area contributed by atoms with Gasteiger partial charge < -0.3 is 19.3 Å². The number of nitrogens with zero attached hydrogens (tertiary/aromatic N) is 5. The van der Waals surface area contributed by atoms with Crippen LogP contribution in [0.1, 0.15) is 61.4 Å². The maximum absolute atomic E-state index is 13.8. The minimum absolute atomic E-state index is 0.223. The number of carbonyl (C=O) groups excluding carboxylic acids is 1. The average Bonchev–Trinajstić information content (AvgIpc) is 3.31. The van der Waals surface area contributed by atoms with E-state index in [2.05, 4.69) is 30.7 Å². The number of rotatable bonds is 4. The van der Waals surface area contributed by atoms with Gasteiger partial charge in [0.25, 0.3) is 5.91 Å². The molecular formula is C29H30ClN5O4. The van der Waals surface area contributed by atoms with Gasteiger partial charge >= 0.3 is 5.97 Å². The molecule has 0 spiro atoms. The summed E-state index contributed by atoms with van der Waals surface area (Å²) in [6.45, 7) is 11.6. The molecule has 0 bridgehead atoms. The molecule has 1 fully saturated rings. The van der Waals surface area contributed by atoms with Crippen molar-refractivity contribution in [3.63, 3.8) is 0 Å². The third kappa shape index (κ3) is 5.18. The predicted octanol–water partition coefficient (Wildman–Crippen LogP) is 5.67. The second-order valence-electron chi connectivity index (χ2n) is 11.4. The quantitative estimate of drug-likeness (QED) is 0.347. The topological polar surface area (TPSA) is 113 Å². The number of hydrogen-bond acceptors (Lipinski definition) is 7. The fourth-order valence-corrected chi connectivity index (χ4v) is 5.07. The van der Waals surface area contributed by atoms with Crippen molar-refractivity contribution < 1.29 is 19.1 Å². The molecular weight excluding hydrogens is 518 g/mol. The Kier molecular flexibility index (Phi) is 6.58. The van der Waals surface area contributed by atoms with Gasteiger partial charge in [0.2, 0.25) is 5.82 Å². The second kappa shape index (κ2) is 9.64. The van der Waals surface area contributed by atoms with Gasteiger partial charge in [0.1, 0.15) is 11.3 Å². The highest BCUT2D eigenvalue weighted by molar-refractivity contribution is 6.30. The number of carbonyl (C=O) groups is 2. The Bertz CT molecular complexity index is 1570. The molecule has 10 heteroatoms. The first-order valence-electron chi connectivity index (χ1n) is 12.7. The number of anilines is 1. The van der Waals surface area contributed by atoms with Gasteiger partial charge in [-0.3, -0.25) is 4.79 Å². The molecule has 5 rings (SSSR count). The molecule has 1 saturated heterocycles. The molecule has 0 atom stereocenters. The van der Waals surface area contributed by atoms with Crippen LogP contribution in [0, 0.1) is 0 Å². The number of fused-ring (bicyclic) bond motifs is 1. The number of carboxylic acids is 1. The van der Waals surface area contributed by atoms with Gasteiger partial charge in [-0.2, -0.15) is 0 Å². The highest BCUT2D eigenvalue weighted by atomic mass is 35.5. The predicted molar refractivity (Wildman–Crippen MR) is 149 cm³/mol. The van der Waals surface area contributed by atoms with Crippen molar-refractivity contribution in [1.82, 2.24) is 19.9 Å². The van der Waals surface area contributed by atoms with Crippen LogP contribution >= 0.6 is 11.6 Å². The summed E-state index contributed by atoms with van der Waals surface area (Å²) < 4.78 is 6.22. The molecule has 9 nitrogen and oxygen atoms in total. The summed E-state index contributed by atoms with van der Waals surface area (Å²) >= 11 is 6.09. The Hall–Kier alpha value is -3.98. The van der Waals surface area contributed by atoms with Crippen LogP contribution in [0.3, 0.4) is 0 Å². The molecule has 1 N–H and O–H groups in total. The second-order valence-corrected chi connectivity index (χ2v) is 11.8. The normalized spacial score (nSPS) is 15.5. The Morgan fingerprint density at radius 2 is 1.77 bits per heavy atom. The Labute approximate surface area is 231 Å². The molecule has 0 aliphatic carbocycles. The molecule has 1 aliphatic heterocycles. The van der Waals surface area contributed by atoms with Crippen molar-refractivity contribution >= 4 is 40.4 Å². The number of amides is 1. The molecule has 1 amide bonds. The molecule has 3 aromatic heterocycles.